The van der Waals surface area contributed by atoms with Crippen molar-refractivity contribution in [3.05, 3.63) is 64.2 Å². The molecule has 0 atom stereocenters. The van der Waals surface area contributed by atoms with Crippen molar-refractivity contribution >= 4 is 17.9 Å². The van der Waals surface area contributed by atoms with Gasteiger partial charge in [0.1, 0.15) is 11.5 Å². The Bertz CT molecular complexity index is 519. The molecule has 0 fully saturated rings. The minimum absolute atomic E-state index is 0.336. The maximum Gasteiger partial charge on any atom is 0.168 e. The maximum atomic E-state index is 13.5. The van der Waals surface area contributed by atoms with Crippen LogP contribution in [0.3, 0.4) is 0 Å². The minimum atomic E-state index is -0.336. The van der Waals surface area contributed by atoms with Crippen molar-refractivity contribution in [2.45, 2.75) is 6.42 Å². The van der Waals surface area contributed by atoms with E-state index < -0.39 is 0 Å². The van der Waals surface area contributed by atoms with E-state index in [9.17, 15) is 9.18 Å². The Morgan fingerprint density at radius 2 is 2.12 bits per heavy atom. The second kappa shape index (κ2) is 5.06. The van der Waals surface area contributed by atoms with Gasteiger partial charge in [-0.05, 0) is 23.8 Å². The molecule has 1 heterocycles. The molecule has 4 heteroatoms. The van der Waals surface area contributed by atoms with Gasteiger partial charge in [0.2, 0.25) is 0 Å². The number of hydrogen-bond donors (Lipinski definition) is 0. The molecule has 86 valence electrons. The quantitative estimate of drug-likeness (QED) is 0.782. The summed E-state index contributed by atoms with van der Waals surface area (Å²) in [4.78, 5) is 14.4. The van der Waals surface area contributed by atoms with Crippen molar-refractivity contribution in [2.24, 2.45) is 0 Å². The summed E-state index contributed by atoms with van der Waals surface area (Å²) in [6.07, 6.45) is 2.57. The van der Waals surface area contributed by atoms with E-state index >= 15 is 0 Å². The summed E-state index contributed by atoms with van der Waals surface area (Å²) in [5, 5.41) is 0.393. The molecule has 0 aliphatic carbocycles. The lowest BCUT2D eigenvalue weighted by Crippen LogP contribution is -1.96. The van der Waals surface area contributed by atoms with E-state index in [4.69, 9.17) is 11.6 Å². The smallest absolute Gasteiger partial charge is 0.168 e. The average molecular weight is 250 g/mol. The van der Waals surface area contributed by atoms with E-state index in [0.29, 0.717) is 29.0 Å². The van der Waals surface area contributed by atoms with Crippen LogP contribution in [0, 0.1) is 5.82 Å². The molecule has 0 spiro atoms. The second-order valence-electron chi connectivity index (χ2n) is 3.59. The number of carbonyl (C=O) groups is 1. The second-order valence-corrected chi connectivity index (χ2v) is 3.99. The Kier molecular flexibility index (Phi) is 3.49. The normalized spacial score (nSPS) is 10.2. The summed E-state index contributed by atoms with van der Waals surface area (Å²) in [6.45, 7) is 0. The standard InChI is InChI=1S/C13H9ClFNO/c14-12-2-1-3-13(15)11(12)6-9-4-5-10(8-17)16-7-9/h1-5,7-8H,6H2. The molecule has 0 aliphatic rings. The predicted octanol–water partition coefficient (Wildman–Crippen LogP) is 3.28. The van der Waals surface area contributed by atoms with Gasteiger partial charge in [-0.1, -0.05) is 23.7 Å². The fraction of sp³-hybridized carbons (Fsp3) is 0.0769. The highest BCUT2D eigenvalue weighted by atomic mass is 35.5. The molecule has 0 N–H and O–H groups in total. The van der Waals surface area contributed by atoms with Crippen LogP contribution in [0.25, 0.3) is 0 Å². The number of halogens is 2. The fourth-order valence-electron chi connectivity index (χ4n) is 1.52. The van der Waals surface area contributed by atoms with Gasteiger partial charge in [0, 0.05) is 23.2 Å². The monoisotopic (exact) mass is 249 g/mol. The molecule has 2 rings (SSSR count). The highest BCUT2D eigenvalue weighted by molar-refractivity contribution is 6.31. The van der Waals surface area contributed by atoms with Gasteiger partial charge in [0.25, 0.3) is 0 Å². The third kappa shape index (κ3) is 2.68. The summed E-state index contributed by atoms with van der Waals surface area (Å²) < 4.78 is 13.5. The van der Waals surface area contributed by atoms with Crippen LogP contribution in [0.15, 0.2) is 36.5 Å². The van der Waals surface area contributed by atoms with Gasteiger partial charge in [-0.15, -0.1) is 0 Å². The number of rotatable bonds is 3. The first-order chi connectivity index (χ1) is 8.20. The summed E-state index contributed by atoms with van der Waals surface area (Å²) in [5.74, 6) is -0.336. The van der Waals surface area contributed by atoms with E-state index in [1.54, 1.807) is 30.5 Å². The van der Waals surface area contributed by atoms with Gasteiger partial charge in [-0.3, -0.25) is 9.78 Å². The highest BCUT2D eigenvalue weighted by Crippen LogP contribution is 2.21. The topological polar surface area (TPSA) is 30.0 Å². The molecule has 2 aromatic rings. The zero-order valence-electron chi connectivity index (χ0n) is 8.86. The summed E-state index contributed by atoms with van der Waals surface area (Å²) in [5.41, 5.74) is 1.60. The lowest BCUT2D eigenvalue weighted by atomic mass is 10.1. The summed E-state index contributed by atoms with van der Waals surface area (Å²) >= 11 is 5.92. The van der Waals surface area contributed by atoms with E-state index in [2.05, 4.69) is 4.98 Å². The number of hydrogen-bond acceptors (Lipinski definition) is 2. The molecule has 1 aromatic carbocycles. The molecular formula is C13H9ClFNO. The molecule has 0 saturated carbocycles. The van der Waals surface area contributed by atoms with Crippen LogP contribution in [0.1, 0.15) is 21.6 Å². The van der Waals surface area contributed by atoms with Gasteiger partial charge in [0.15, 0.2) is 6.29 Å². The molecular weight excluding hydrogens is 241 g/mol. The molecule has 0 saturated heterocycles. The van der Waals surface area contributed by atoms with Crippen LogP contribution in [-0.4, -0.2) is 11.3 Å². The molecule has 2 nitrogen and oxygen atoms in total. The Hall–Kier alpha value is -1.74. The molecule has 1 aromatic heterocycles. The Morgan fingerprint density at radius 3 is 2.71 bits per heavy atom. The van der Waals surface area contributed by atoms with Gasteiger partial charge >= 0.3 is 0 Å². The predicted molar refractivity (Wildman–Crippen MR) is 63.8 cm³/mol. The number of carbonyl (C=O) groups excluding carboxylic acids is 1. The van der Waals surface area contributed by atoms with Gasteiger partial charge in [-0.25, -0.2) is 4.39 Å². The molecule has 0 radical (unpaired) electrons. The molecule has 0 amide bonds. The average Bonchev–Trinajstić information content (AvgIpc) is 2.35. The van der Waals surface area contributed by atoms with Crippen LogP contribution in [0.4, 0.5) is 4.39 Å². The zero-order valence-corrected chi connectivity index (χ0v) is 9.62. The zero-order chi connectivity index (χ0) is 12.3. The molecule has 17 heavy (non-hydrogen) atoms. The van der Waals surface area contributed by atoms with E-state index in [0.717, 1.165) is 5.56 Å². The molecule has 0 aliphatic heterocycles. The van der Waals surface area contributed by atoms with Crippen molar-refractivity contribution in [2.75, 3.05) is 0 Å². The Labute approximate surface area is 103 Å². The number of aldehydes is 1. The van der Waals surface area contributed by atoms with E-state index in [1.807, 2.05) is 0 Å². The van der Waals surface area contributed by atoms with Crippen molar-refractivity contribution in [3.63, 3.8) is 0 Å². The maximum absolute atomic E-state index is 13.5. The number of aromatic nitrogens is 1. The highest BCUT2D eigenvalue weighted by Gasteiger charge is 2.07. The van der Waals surface area contributed by atoms with Crippen LogP contribution in [0.2, 0.25) is 5.02 Å². The first-order valence-electron chi connectivity index (χ1n) is 5.03. The minimum Gasteiger partial charge on any atom is -0.296 e. The van der Waals surface area contributed by atoms with Crippen LogP contribution in [-0.2, 0) is 6.42 Å². The summed E-state index contributed by atoms with van der Waals surface area (Å²) in [6, 6.07) is 7.91. The molecule has 0 bridgehead atoms. The Morgan fingerprint density at radius 1 is 1.29 bits per heavy atom. The molecule has 0 unspecified atom stereocenters. The van der Waals surface area contributed by atoms with Crippen LogP contribution >= 0.6 is 11.6 Å². The first kappa shape index (κ1) is 11.7. The summed E-state index contributed by atoms with van der Waals surface area (Å²) in [7, 11) is 0. The van der Waals surface area contributed by atoms with Crippen molar-refractivity contribution in [1.29, 1.82) is 0 Å². The van der Waals surface area contributed by atoms with Gasteiger partial charge in [-0.2, -0.15) is 0 Å². The largest absolute Gasteiger partial charge is 0.296 e. The van der Waals surface area contributed by atoms with E-state index in [1.165, 1.54) is 6.07 Å². The van der Waals surface area contributed by atoms with Crippen LogP contribution < -0.4 is 0 Å². The number of benzene rings is 1. The number of nitrogens with zero attached hydrogens (tertiary/aromatic N) is 1. The van der Waals surface area contributed by atoms with Crippen molar-refractivity contribution < 1.29 is 9.18 Å². The third-order valence-electron chi connectivity index (χ3n) is 2.41. The van der Waals surface area contributed by atoms with Crippen molar-refractivity contribution in [1.82, 2.24) is 4.98 Å². The third-order valence-corrected chi connectivity index (χ3v) is 2.77. The number of pyridine rings is 1. The SMILES string of the molecule is O=Cc1ccc(Cc2c(F)cccc2Cl)cn1. The van der Waals surface area contributed by atoms with Crippen molar-refractivity contribution in [3.8, 4) is 0 Å². The lowest BCUT2D eigenvalue weighted by Gasteiger charge is -2.05. The fourth-order valence-corrected chi connectivity index (χ4v) is 1.75. The Balaban J connectivity index is 2.28. The van der Waals surface area contributed by atoms with Gasteiger partial charge in [0.05, 0.1) is 0 Å². The lowest BCUT2D eigenvalue weighted by molar-refractivity contribution is 0.111. The van der Waals surface area contributed by atoms with Gasteiger partial charge < -0.3 is 0 Å². The van der Waals surface area contributed by atoms with E-state index in [-0.39, 0.29) is 5.82 Å². The first-order valence-corrected chi connectivity index (χ1v) is 5.41. The van der Waals surface area contributed by atoms with Crippen LogP contribution in [0.5, 0.6) is 0 Å².